The van der Waals surface area contributed by atoms with Crippen LogP contribution < -0.4 is 15.5 Å². The summed E-state index contributed by atoms with van der Waals surface area (Å²) in [7, 11) is 3.97. The molecule has 0 aliphatic heterocycles. The molecule has 0 bridgehead atoms. The number of carbonyl (C=O) groups is 1. The standard InChI is InChI=1S/C16H25N3O2/c1-19(2)15-9-7-14(8-10-15)18-16(21)17-13-5-3-12(11-20)4-6-13/h7-10,12-13,20H,3-6,11H2,1-2H3,(H2,17,18,21). The van der Waals surface area contributed by atoms with Crippen molar-refractivity contribution in [2.24, 2.45) is 5.92 Å². The van der Waals surface area contributed by atoms with Crippen LogP contribution in [-0.4, -0.2) is 37.9 Å². The molecule has 0 heterocycles. The van der Waals surface area contributed by atoms with E-state index in [1.165, 1.54) is 0 Å². The lowest BCUT2D eigenvalue weighted by molar-refractivity contribution is 0.176. The number of carbonyl (C=O) groups excluding carboxylic acids is 1. The highest BCUT2D eigenvalue weighted by Gasteiger charge is 2.21. The van der Waals surface area contributed by atoms with Gasteiger partial charge in [0.25, 0.3) is 0 Å². The van der Waals surface area contributed by atoms with Crippen LogP contribution >= 0.6 is 0 Å². The van der Waals surface area contributed by atoms with Crippen molar-refractivity contribution in [3.8, 4) is 0 Å². The first-order valence-electron chi connectivity index (χ1n) is 7.54. The largest absolute Gasteiger partial charge is 0.396 e. The molecule has 0 radical (unpaired) electrons. The Bertz CT molecular complexity index is 451. The Labute approximate surface area is 126 Å². The zero-order chi connectivity index (χ0) is 15.2. The number of urea groups is 1. The van der Waals surface area contributed by atoms with Gasteiger partial charge in [0.05, 0.1) is 0 Å². The van der Waals surface area contributed by atoms with Gasteiger partial charge in [-0.05, 0) is 55.9 Å². The highest BCUT2D eigenvalue weighted by Crippen LogP contribution is 2.23. The van der Waals surface area contributed by atoms with Crippen LogP contribution in [0.25, 0.3) is 0 Å². The maximum atomic E-state index is 12.0. The summed E-state index contributed by atoms with van der Waals surface area (Å²) in [6, 6.07) is 7.81. The van der Waals surface area contributed by atoms with Crippen molar-refractivity contribution in [2.45, 2.75) is 31.7 Å². The van der Waals surface area contributed by atoms with Gasteiger partial charge in [-0.1, -0.05) is 0 Å². The summed E-state index contributed by atoms with van der Waals surface area (Å²) >= 11 is 0. The molecule has 1 aliphatic carbocycles. The van der Waals surface area contributed by atoms with E-state index in [2.05, 4.69) is 10.6 Å². The zero-order valence-corrected chi connectivity index (χ0v) is 12.8. The monoisotopic (exact) mass is 291 g/mol. The first-order valence-corrected chi connectivity index (χ1v) is 7.54. The highest BCUT2D eigenvalue weighted by molar-refractivity contribution is 5.89. The Morgan fingerprint density at radius 3 is 2.33 bits per heavy atom. The molecule has 2 rings (SSSR count). The van der Waals surface area contributed by atoms with Gasteiger partial charge in [-0.15, -0.1) is 0 Å². The summed E-state index contributed by atoms with van der Waals surface area (Å²) in [5.41, 5.74) is 1.89. The highest BCUT2D eigenvalue weighted by atomic mass is 16.3. The molecule has 0 atom stereocenters. The minimum atomic E-state index is -0.153. The third kappa shape index (κ3) is 4.63. The van der Waals surface area contributed by atoms with Crippen LogP contribution in [0.4, 0.5) is 16.2 Å². The molecule has 1 aromatic rings. The Morgan fingerprint density at radius 2 is 1.81 bits per heavy atom. The van der Waals surface area contributed by atoms with Gasteiger partial charge in [-0.2, -0.15) is 0 Å². The summed E-state index contributed by atoms with van der Waals surface area (Å²) < 4.78 is 0. The van der Waals surface area contributed by atoms with E-state index in [1.54, 1.807) is 0 Å². The maximum Gasteiger partial charge on any atom is 0.319 e. The Kier molecular flexibility index (Phi) is 5.44. The predicted molar refractivity (Wildman–Crippen MR) is 85.8 cm³/mol. The van der Waals surface area contributed by atoms with Crippen LogP contribution in [0.1, 0.15) is 25.7 Å². The summed E-state index contributed by atoms with van der Waals surface area (Å²) in [6.07, 6.45) is 3.86. The van der Waals surface area contributed by atoms with E-state index in [-0.39, 0.29) is 18.7 Å². The van der Waals surface area contributed by atoms with Gasteiger partial charge in [0.1, 0.15) is 0 Å². The number of amides is 2. The normalized spacial score (nSPS) is 21.7. The third-order valence-electron chi connectivity index (χ3n) is 4.08. The van der Waals surface area contributed by atoms with E-state index in [0.717, 1.165) is 37.1 Å². The lowest BCUT2D eigenvalue weighted by Gasteiger charge is -2.28. The van der Waals surface area contributed by atoms with Crippen molar-refractivity contribution in [3.05, 3.63) is 24.3 Å². The number of benzene rings is 1. The molecule has 1 saturated carbocycles. The van der Waals surface area contributed by atoms with Crippen LogP contribution in [-0.2, 0) is 0 Å². The minimum absolute atomic E-state index is 0.153. The van der Waals surface area contributed by atoms with Crippen LogP contribution in [0.5, 0.6) is 0 Å². The zero-order valence-electron chi connectivity index (χ0n) is 12.8. The van der Waals surface area contributed by atoms with Gasteiger partial charge in [0.15, 0.2) is 0 Å². The number of nitrogens with zero attached hydrogens (tertiary/aromatic N) is 1. The van der Waals surface area contributed by atoms with Crippen molar-refractivity contribution < 1.29 is 9.90 Å². The van der Waals surface area contributed by atoms with Gasteiger partial charge < -0.3 is 20.6 Å². The number of aliphatic hydroxyl groups excluding tert-OH is 1. The number of rotatable bonds is 4. The summed E-state index contributed by atoms with van der Waals surface area (Å²) in [6.45, 7) is 0.261. The van der Waals surface area contributed by atoms with Crippen molar-refractivity contribution in [2.75, 3.05) is 30.9 Å². The van der Waals surface area contributed by atoms with E-state index in [9.17, 15) is 4.79 Å². The molecule has 1 aliphatic rings. The molecule has 0 spiro atoms. The fourth-order valence-corrected chi connectivity index (χ4v) is 2.68. The summed E-state index contributed by atoms with van der Waals surface area (Å²) in [5, 5.41) is 15.0. The van der Waals surface area contributed by atoms with Crippen molar-refractivity contribution in [1.29, 1.82) is 0 Å². The topological polar surface area (TPSA) is 64.6 Å². The second kappa shape index (κ2) is 7.31. The average molecular weight is 291 g/mol. The molecule has 0 unspecified atom stereocenters. The van der Waals surface area contributed by atoms with Crippen molar-refractivity contribution in [1.82, 2.24) is 5.32 Å². The lowest BCUT2D eigenvalue weighted by Crippen LogP contribution is -2.40. The molecule has 21 heavy (non-hydrogen) atoms. The number of hydrogen-bond acceptors (Lipinski definition) is 3. The van der Waals surface area contributed by atoms with Crippen LogP contribution in [0.15, 0.2) is 24.3 Å². The van der Waals surface area contributed by atoms with Gasteiger partial charge >= 0.3 is 6.03 Å². The maximum absolute atomic E-state index is 12.0. The summed E-state index contributed by atoms with van der Waals surface area (Å²) in [4.78, 5) is 14.0. The molecule has 0 saturated heterocycles. The minimum Gasteiger partial charge on any atom is -0.396 e. The Balaban J connectivity index is 1.79. The lowest BCUT2D eigenvalue weighted by atomic mass is 9.87. The molecule has 5 heteroatoms. The molecule has 0 aromatic heterocycles. The quantitative estimate of drug-likeness (QED) is 0.798. The van der Waals surface area contributed by atoms with Crippen LogP contribution in [0, 0.1) is 5.92 Å². The molecular formula is C16H25N3O2. The second-order valence-electron chi connectivity index (χ2n) is 5.94. The molecule has 1 aromatic carbocycles. The van der Waals surface area contributed by atoms with Gasteiger partial charge in [-0.3, -0.25) is 0 Å². The SMILES string of the molecule is CN(C)c1ccc(NC(=O)NC2CCC(CO)CC2)cc1. The van der Waals surface area contributed by atoms with Crippen molar-refractivity contribution in [3.63, 3.8) is 0 Å². The number of anilines is 2. The Hall–Kier alpha value is -1.75. The molecule has 3 N–H and O–H groups in total. The number of hydrogen-bond donors (Lipinski definition) is 3. The van der Waals surface area contributed by atoms with Crippen LogP contribution in [0.2, 0.25) is 0 Å². The first kappa shape index (κ1) is 15.6. The van der Waals surface area contributed by atoms with Crippen molar-refractivity contribution >= 4 is 17.4 Å². The van der Waals surface area contributed by atoms with Gasteiger partial charge in [0, 0.05) is 38.1 Å². The molecule has 5 nitrogen and oxygen atoms in total. The van der Waals surface area contributed by atoms with Gasteiger partial charge in [0.2, 0.25) is 0 Å². The van der Waals surface area contributed by atoms with E-state index in [1.807, 2.05) is 43.3 Å². The summed E-state index contributed by atoms with van der Waals surface area (Å²) in [5.74, 6) is 0.407. The van der Waals surface area contributed by atoms with E-state index >= 15 is 0 Å². The van der Waals surface area contributed by atoms with E-state index in [0.29, 0.717) is 5.92 Å². The molecule has 116 valence electrons. The smallest absolute Gasteiger partial charge is 0.319 e. The van der Waals surface area contributed by atoms with E-state index in [4.69, 9.17) is 5.11 Å². The van der Waals surface area contributed by atoms with E-state index < -0.39 is 0 Å². The average Bonchev–Trinajstić information content (AvgIpc) is 2.48. The molecular weight excluding hydrogens is 266 g/mol. The number of aliphatic hydroxyl groups is 1. The Morgan fingerprint density at radius 1 is 1.19 bits per heavy atom. The van der Waals surface area contributed by atoms with Gasteiger partial charge in [-0.25, -0.2) is 4.79 Å². The van der Waals surface area contributed by atoms with Crippen LogP contribution in [0.3, 0.4) is 0 Å². The number of nitrogens with one attached hydrogen (secondary N) is 2. The fourth-order valence-electron chi connectivity index (χ4n) is 2.68. The second-order valence-corrected chi connectivity index (χ2v) is 5.94. The fraction of sp³-hybridized carbons (Fsp3) is 0.562. The predicted octanol–water partition coefficient (Wildman–Crippen LogP) is 2.43. The molecule has 1 fully saturated rings. The first-order chi connectivity index (χ1) is 10.1. The third-order valence-corrected chi connectivity index (χ3v) is 4.08. The molecule has 2 amide bonds.